The number of halogens is 1. The number of rotatable bonds is 5. The van der Waals surface area contributed by atoms with Crippen LogP contribution in [-0.2, 0) is 6.54 Å². The maximum absolute atomic E-state index is 5.98. The Morgan fingerprint density at radius 3 is 2.85 bits per heavy atom. The molecule has 0 spiro atoms. The van der Waals surface area contributed by atoms with E-state index in [0.29, 0.717) is 6.04 Å². The predicted octanol–water partition coefficient (Wildman–Crippen LogP) is 6.04. The second-order valence-corrected chi connectivity index (χ2v) is 8.21. The molecule has 20 heavy (non-hydrogen) atoms. The molecule has 0 amide bonds. The summed E-state index contributed by atoms with van der Waals surface area (Å²) in [5.41, 5.74) is 1.33. The summed E-state index contributed by atoms with van der Waals surface area (Å²) in [5, 5.41) is 7.90. The zero-order valence-corrected chi connectivity index (χ0v) is 14.1. The van der Waals surface area contributed by atoms with Gasteiger partial charge in [0.2, 0.25) is 0 Å². The molecule has 0 aliphatic carbocycles. The Bertz CT molecular complexity index is 669. The number of nitrogens with one attached hydrogen (secondary N) is 1. The van der Waals surface area contributed by atoms with Crippen LogP contribution in [0, 0.1) is 0 Å². The Hall–Kier alpha value is -0.650. The zero-order valence-electron chi connectivity index (χ0n) is 10.9. The van der Waals surface area contributed by atoms with Gasteiger partial charge in [0.15, 0.2) is 0 Å². The molecule has 5 heteroatoms. The first-order valence-electron chi connectivity index (χ1n) is 6.32. The van der Waals surface area contributed by atoms with E-state index in [0.717, 1.165) is 10.9 Å². The monoisotopic (exact) mass is 339 g/mol. The molecule has 0 fully saturated rings. The van der Waals surface area contributed by atoms with Gasteiger partial charge in [-0.1, -0.05) is 17.7 Å². The summed E-state index contributed by atoms with van der Waals surface area (Å²) in [5.74, 6) is 0. The Morgan fingerprint density at radius 1 is 1.25 bits per heavy atom. The van der Waals surface area contributed by atoms with Crippen molar-refractivity contribution in [2.24, 2.45) is 0 Å². The van der Waals surface area contributed by atoms with E-state index in [1.807, 2.05) is 17.4 Å². The molecule has 1 atom stereocenters. The Morgan fingerprint density at radius 2 is 2.15 bits per heavy atom. The highest BCUT2D eigenvalue weighted by atomic mass is 35.5. The van der Waals surface area contributed by atoms with Gasteiger partial charge >= 0.3 is 0 Å². The van der Waals surface area contributed by atoms with Gasteiger partial charge in [0, 0.05) is 32.8 Å². The molecular formula is C15H14ClNS3. The van der Waals surface area contributed by atoms with E-state index in [-0.39, 0.29) is 0 Å². The lowest BCUT2D eigenvalue weighted by atomic mass is 10.2. The molecule has 0 aliphatic rings. The molecule has 3 aromatic rings. The summed E-state index contributed by atoms with van der Waals surface area (Å²) >= 11 is 11.2. The van der Waals surface area contributed by atoms with Crippen molar-refractivity contribution in [3.05, 3.63) is 55.2 Å². The van der Waals surface area contributed by atoms with Crippen LogP contribution in [0.5, 0.6) is 0 Å². The second-order valence-electron chi connectivity index (χ2n) is 4.52. The minimum Gasteiger partial charge on any atom is -0.305 e. The lowest BCUT2D eigenvalue weighted by molar-refractivity contribution is 0.587. The van der Waals surface area contributed by atoms with Gasteiger partial charge in [0.1, 0.15) is 0 Å². The summed E-state index contributed by atoms with van der Waals surface area (Å²) < 4.78 is 0.852. The highest BCUT2D eigenvalue weighted by molar-refractivity contribution is 7.16. The fraction of sp³-hybridized carbons (Fsp3) is 0.200. The summed E-state index contributed by atoms with van der Waals surface area (Å²) in [6.07, 6.45) is 0. The van der Waals surface area contributed by atoms with Crippen molar-refractivity contribution in [3.8, 4) is 10.4 Å². The smallest absolute Gasteiger partial charge is 0.0931 e. The van der Waals surface area contributed by atoms with Crippen molar-refractivity contribution in [2.45, 2.75) is 19.5 Å². The van der Waals surface area contributed by atoms with Crippen LogP contribution in [0.4, 0.5) is 0 Å². The molecule has 3 rings (SSSR count). The molecule has 1 unspecified atom stereocenters. The Kier molecular flexibility index (Phi) is 4.58. The van der Waals surface area contributed by atoms with Crippen LogP contribution >= 0.6 is 45.6 Å². The maximum atomic E-state index is 5.98. The first kappa shape index (κ1) is 14.3. The van der Waals surface area contributed by atoms with Gasteiger partial charge in [-0.25, -0.2) is 0 Å². The number of hydrogen-bond donors (Lipinski definition) is 1. The third-order valence-electron chi connectivity index (χ3n) is 3.06. The SMILES string of the molecule is CC(NCc1cc(-c2cccs2)cs1)c1ccc(Cl)s1. The van der Waals surface area contributed by atoms with Crippen molar-refractivity contribution in [3.63, 3.8) is 0 Å². The number of hydrogen-bond acceptors (Lipinski definition) is 4. The first-order chi connectivity index (χ1) is 9.72. The fourth-order valence-electron chi connectivity index (χ4n) is 1.96. The second kappa shape index (κ2) is 6.41. The van der Waals surface area contributed by atoms with Crippen LogP contribution in [0.25, 0.3) is 10.4 Å². The fourth-order valence-corrected chi connectivity index (χ4v) is 4.67. The van der Waals surface area contributed by atoms with Crippen LogP contribution in [0.3, 0.4) is 0 Å². The Labute approximate surface area is 135 Å². The van der Waals surface area contributed by atoms with E-state index in [1.54, 1.807) is 22.7 Å². The summed E-state index contributed by atoms with van der Waals surface area (Å²) in [4.78, 5) is 3.98. The van der Waals surface area contributed by atoms with E-state index in [1.165, 1.54) is 20.2 Å². The molecule has 3 heterocycles. The van der Waals surface area contributed by atoms with Gasteiger partial charge in [-0.3, -0.25) is 0 Å². The molecule has 0 bridgehead atoms. The molecule has 3 aromatic heterocycles. The molecule has 1 N–H and O–H groups in total. The molecule has 0 saturated heterocycles. The minimum atomic E-state index is 0.333. The lowest BCUT2D eigenvalue weighted by Crippen LogP contribution is -2.16. The molecule has 0 radical (unpaired) electrons. The normalized spacial score (nSPS) is 12.7. The van der Waals surface area contributed by atoms with Crippen LogP contribution in [0.2, 0.25) is 4.34 Å². The molecular weight excluding hydrogens is 326 g/mol. The van der Waals surface area contributed by atoms with Gasteiger partial charge in [-0.2, -0.15) is 0 Å². The highest BCUT2D eigenvalue weighted by Gasteiger charge is 2.09. The average molecular weight is 340 g/mol. The van der Waals surface area contributed by atoms with Gasteiger partial charge < -0.3 is 5.32 Å². The maximum Gasteiger partial charge on any atom is 0.0931 e. The Balaban J connectivity index is 1.61. The van der Waals surface area contributed by atoms with Crippen LogP contribution in [-0.4, -0.2) is 0 Å². The van der Waals surface area contributed by atoms with E-state index < -0.39 is 0 Å². The molecule has 104 valence electrons. The van der Waals surface area contributed by atoms with Gasteiger partial charge in [0.05, 0.1) is 4.34 Å². The topological polar surface area (TPSA) is 12.0 Å². The largest absolute Gasteiger partial charge is 0.305 e. The molecule has 1 nitrogen and oxygen atoms in total. The zero-order chi connectivity index (χ0) is 13.9. The van der Waals surface area contributed by atoms with Crippen LogP contribution in [0.15, 0.2) is 41.1 Å². The average Bonchev–Trinajstić information content (AvgIpc) is 3.16. The van der Waals surface area contributed by atoms with Crippen molar-refractivity contribution in [1.82, 2.24) is 5.32 Å². The summed E-state index contributed by atoms with van der Waals surface area (Å²) in [6.45, 7) is 3.07. The summed E-state index contributed by atoms with van der Waals surface area (Å²) in [7, 11) is 0. The lowest BCUT2D eigenvalue weighted by Gasteiger charge is -2.10. The molecule has 0 aliphatic heterocycles. The van der Waals surface area contributed by atoms with Crippen molar-refractivity contribution in [1.29, 1.82) is 0 Å². The third kappa shape index (κ3) is 3.32. The van der Waals surface area contributed by atoms with Gasteiger partial charge in [-0.15, -0.1) is 34.0 Å². The van der Waals surface area contributed by atoms with E-state index >= 15 is 0 Å². The van der Waals surface area contributed by atoms with Crippen molar-refractivity contribution < 1.29 is 0 Å². The van der Waals surface area contributed by atoms with Crippen LogP contribution < -0.4 is 5.32 Å². The summed E-state index contributed by atoms with van der Waals surface area (Å²) in [6, 6.07) is 10.9. The first-order valence-corrected chi connectivity index (χ1v) is 9.27. The highest BCUT2D eigenvalue weighted by Crippen LogP contribution is 2.30. The van der Waals surface area contributed by atoms with Gasteiger partial charge in [-0.05, 0) is 41.9 Å². The van der Waals surface area contributed by atoms with Gasteiger partial charge in [0.25, 0.3) is 0 Å². The quantitative estimate of drug-likeness (QED) is 0.597. The standard InChI is InChI=1S/C15H14ClNS3/c1-10(13-4-5-15(16)20-13)17-8-12-7-11(9-19-12)14-3-2-6-18-14/h2-7,9-10,17H,8H2,1H3. The third-order valence-corrected chi connectivity index (χ3v) is 6.33. The van der Waals surface area contributed by atoms with E-state index in [2.05, 4.69) is 47.3 Å². The molecule has 0 aromatic carbocycles. The van der Waals surface area contributed by atoms with E-state index in [9.17, 15) is 0 Å². The van der Waals surface area contributed by atoms with Crippen molar-refractivity contribution >= 4 is 45.6 Å². The number of thiophene rings is 3. The van der Waals surface area contributed by atoms with Crippen molar-refractivity contribution in [2.75, 3.05) is 0 Å². The predicted molar refractivity (Wildman–Crippen MR) is 92.2 cm³/mol. The van der Waals surface area contributed by atoms with Crippen LogP contribution in [0.1, 0.15) is 22.7 Å². The minimum absolute atomic E-state index is 0.333. The van der Waals surface area contributed by atoms with E-state index in [4.69, 9.17) is 11.6 Å². The molecule has 0 saturated carbocycles.